The van der Waals surface area contributed by atoms with E-state index in [2.05, 4.69) is 46.5 Å². The first-order valence-corrected chi connectivity index (χ1v) is 11.3. The van der Waals surface area contributed by atoms with Crippen molar-refractivity contribution in [3.63, 3.8) is 0 Å². The van der Waals surface area contributed by atoms with Crippen LogP contribution >= 0.6 is 0 Å². The predicted octanol–water partition coefficient (Wildman–Crippen LogP) is 5.04. The van der Waals surface area contributed by atoms with E-state index in [-0.39, 0.29) is 5.91 Å². The Bertz CT molecular complexity index is 1020. The number of nitrogens with one attached hydrogen (secondary N) is 1. The zero-order valence-corrected chi connectivity index (χ0v) is 18.8. The largest absolute Gasteiger partial charge is 0.323 e. The van der Waals surface area contributed by atoms with Crippen molar-refractivity contribution in [2.75, 3.05) is 11.9 Å². The normalized spacial score (nSPS) is 13.5. The number of hydrogen-bond donors (Lipinski definition) is 1. The summed E-state index contributed by atoms with van der Waals surface area (Å²) in [6.45, 7) is 7.80. The van der Waals surface area contributed by atoms with E-state index in [1.165, 1.54) is 24.0 Å². The molecule has 1 saturated carbocycles. The number of rotatable bonds is 9. The molecule has 5 nitrogen and oxygen atoms in total. The van der Waals surface area contributed by atoms with Gasteiger partial charge in [-0.05, 0) is 56.4 Å². The Hall–Kier alpha value is -2.92. The number of anilines is 1. The van der Waals surface area contributed by atoms with Crippen molar-refractivity contribution in [1.82, 2.24) is 14.7 Å². The standard InChI is InChI=1S/C26H32N4O/c1-4-21-10-12-22(13-11-21)18-29(23-14-15-23)17-16-25(31)27-26-19(2)28-30(20(26)3)24-8-6-5-7-9-24/h5-13,23H,4,14-18H2,1-3H3,(H,27,31). The lowest BCUT2D eigenvalue weighted by molar-refractivity contribution is -0.116. The Morgan fingerprint density at radius 2 is 1.74 bits per heavy atom. The minimum atomic E-state index is 0.0470. The molecule has 1 aliphatic carbocycles. The molecular weight excluding hydrogens is 384 g/mol. The lowest BCUT2D eigenvalue weighted by atomic mass is 10.1. The van der Waals surface area contributed by atoms with Crippen molar-refractivity contribution < 1.29 is 4.79 Å². The Morgan fingerprint density at radius 1 is 1.06 bits per heavy atom. The zero-order chi connectivity index (χ0) is 21.8. The van der Waals surface area contributed by atoms with Crippen LogP contribution in [0.4, 0.5) is 5.69 Å². The Balaban J connectivity index is 1.37. The molecule has 5 heteroatoms. The molecule has 1 aliphatic rings. The van der Waals surface area contributed by atoms with Crippen molar-refractivity contribution >= 4 is 11.6 Å². The average molecular weight is 417 g/mol. The highest BCUT2D eigenvalue weighted by Crippen LogP contribution is 2.29. The number of nitrogens with zero attached hydrogens (tertiary/aromatic N) is 3. The number of hydrogen-bond acceptors (Lipinski definition) is 3. The maximum absolute atomic E-state index is 12.8. The van der Waals surface area contributed by atoms with Crippen molar-refractivity contribution in [3.8, 4) is 5.69 Å². The molecule has 2 aromatic carbocycles. The van der Waals surface area contributed by atoms with Crippen LogP contribution in [0.2, 0.25) is 0 Å². The molecule has 0 aliphatic heterocycles. The summed E-state index contributed by atoms with van der Waals surface area (Å²) in [5, 5.41) is 7.74. The number of amides is 1. The molecule has 1 heterocycles. The quantitative estimate of drug-likeness (QED) is 0.531. The van der Waals surface area contributed by atoms with Gasteiger partial charge in [0.2, 0.25) is 5.91 Å². The Labute approximate surface area is 185 Å². The number of aromatic nitrogens is 2. The van der Waals surface area contributed by atoms with Crippen LogP contribution in [-0.2, 0) is 17.8 Å². The fourth-order valence-electron chi connectivity index (χ4n) is 4.04. The van der Waals surface area contributed by atoms with Gasteiger partial charge in [0.25, 0.3) is 0 Å². The lowest BCUT2D eigenvalue weighted by Gasteiger charge is -2.22. The first kappa shape index (κ1) is 21.3. The summed E-state index contributed by atoms with van der Waals surface area (Å²) in [5.74, 6) is 0.0470. The van der Waals surface area contributed by atoms with Gasteiger partial charge in [0, 0.05) is 25.6 Å². The van der Waals surface area contributed by atoms with Gasteiger partial charge in [-0.15, -0.1) is 0 Å². The smallest absolute Gasteiger partial charge is 0.225 e. The predicted molar refractivity (Wildman–Crippen MR) is 126 cm³/mol. The molecule has 1 fully saturated rings. The first-order chi connectivity index (χ1) is 15.0. The van der Waals surface area contributed by atoms with Gasteiger partial charge in [-0.25, -0.2) is 4.68 Å². The van der Waals surface area contributed by atoms with Gasteiger partial charge in [-0.1, -0.05) is 49.4 Å². The third-order valence-corrected chi connectivity index (χ3v) is 6.06. The zero-order valence-electron chi connectivity index (χ0n) is 18.8. The van der Waals surface area contributed by atoms with E-state index >= 15 is 0 Å². The number of carbonyl (C=O) groups is 1. The fourth-order valence-corrected chi connectivity index (χ4v) is 4.04. The minimum absolute atomic E-state index is 0.0470. The van der Waals surface area contributed by atoms with Crippen LogP contribution in [0.5, 0.6) is 0 Å². The van der Waals surface area contributed by atoms with E-state index in [0.29, 0.717) is 12.5 Å². The molecule has 1 N–H and O–H groups in total. The van der Waals surface area contributed by atoms with E-state index in [1.807, 2.05) is 48.9 Å². The summed E-state index contributed by atoms with van der Waals surface area (Å²) in [6, 6.07) is 19.5. The molecule has 0 spiro atoms. The highest BCUT2D eigenvalue weighted by Gasteiger charge is 2.29. The van der Waals surface area contributed by atoms with Crippen LogP contribution in [0.25, 0.3) is 5.69 Å². The second kappa shape index (κ2) is 9.48. The van der Waals surface area contributed by atoms with Crippen molar-refractivity contribution in [3.05, 3.63) is 77.1 Å². The number of benzene rings is 2. The SMILES string of the molecule is CCc1ccc(CN(CCC(=O)Nc2c(C)nn(-c3ccccc3)c2C)C2CC2)cc1. The molecule has 0 bridgehead atoms. The van der Waals surface area contributed by atoms with Gasteiger partial charge >= 0.3 is 0 Å². The maximum Gasteiger partial charge on any atom is 0.225 e. The molecule has 0 saturated heterocycles. The molecular formula is C26H32N4O. The summed E-state index contributed by atoms with van der Waals surface area (Å²) < 4.78 is 1.89. The van der Waals surface area contributed by atoms with Gasteiger partial charge in [0.1, 0.15) is 0 Å². The number of aryl methyl sites for hydroxylation is 2. The van der Waals surface area contributed by atoms with Gasteiger partial charge in [-0.2, -0.15) is 5.10 Å². The van der Waals surface area contributed by atoms with Crippen molar-refractivity contribution in [2.45, 2.75) is 59.0 Å². The van der Waals surface area contributed by atoms with Crippen molar-refractivity contribution in [1.29, 1.82) is 0 Å². The molecule has 0 unspecified atom stereocenters. The van der Waals surface area contributed by atoms with E-state index in [9.17, 15) is 4.79 Å². The van der Waals surface area contributed by atoms with Gasteiger partial charge < -0.3 is 5.32 Å². The van der Waals surface area contributed by atoms with E-state index in [4.69, 9.17) is 0 Å². The molecule has 3 aromatic rings. The third kappa shape index (κ3) is 5.23. The monoisotopic (exact) mass is 416 g/mol. The summed E-state index contributed by atoms with van der Waals surface area (Å²) in [5.41, 5.74) is 6.29. The van der Waals surface area contributed by atoms with Crippen LogP contribution in [-0.4, -0.2) is 33.2 Å². The minimum Gasteiger partial charge on any atom is -0.323 e. The van der Waals surface area contributed by atoms with Gasteiger partial charge in [0.15, 0.2) is 0 Å². The highest BCUT2D eigenvalue weighted by molar-refractivity contribution is 5.92. The van der Waals surface area contributed by atoms with Crippen LogP contribution in [0.15, 0.2) is 54.6 Å². The second-order valence-corrected chi connectivity index (χ2v) is 8.46. The van der Waals surface area contributed by atoms with Gasteiger partial charge in [0.05, 0.1) is 22.8 Å². The summed E-state index contributed by atoms with van der Waals surface area (Å²) in [7, 11) is 0. The molecule has 0 radical (unpaired) electrons. The summed E-state index contributed by atoms with van der Waals surface area (Å²) in [4.78, 5) is 15.2. The first-order valence-electron chi connectivity index (χ1n) is 11.3. The van der Waals surface area contributed by atoms with Crippen LogP contribution < -0.4 is 5.32 Å². The topological polar surface area (TPSA) is 50.2 Å². The molecule has 4 rings (SSSR count). The maximum atomic E-state index is 12.8. The van der Waals surface area contributed by atoms with E-state index in [1.54, 1.807) is 0 Å². The highest BCUT2D eigenvalue weighted by atomic mass is 16.1. The van der Waals surface area contributed by atoms with Gasteiger partial charge in [-0.3, -0.25) is 9.69 Å². The van der Waals surface area contributed by atoms with Crippen molar-refractivity contribution in [2.24, 2.45) is 0 Å². The third-order valence-electron chi connectivity index (χ3n) is 6.06. The molecule has 1 amide bonds. The fraction of sp³-hybridized carbons (Fsp3) is 0.385. The lowest BCUT2D eigenvalue weighted by Crippen LogP contribution is -2.29. The van der Waals surface area contributed by atoms with Crippen LogP contribution in [0, 0.1) is 13.8 Å². The molecule has 31 heavy (non-hydrogen) atoms. The second-order valence-electron chi connectivity index (χ2n) is 8.46. The average Bonchev–Trinajstić information content (AvgIpc) is 3.60. The van der Waals surface area contributed by atoms with E-state index < -0.39 is 0 Å². The molecule has 1 aromatic heterocycles. The van der Waals surface area contributed by atoms with E-state index in [0.717, 1.165) is 42.3 Å². The summed E-state index contributed by atoms with van der Waals surface area (Å²) in [6.07, 6.45) is 4.01. The molecule has 0 atom stereocenters. The van der Waals surface area contributed by atoms with Crippen LogP contribution in [0.1, 0.15) is 48.7 Å². The summed E-state index contributed by atoms with van der Waals surface area (Å²) >= 11 is 0. The molecule has 162 valence electrons. The number of para-hydroxylation sites is 1. The Morgan fingerprint density at radius 3 is 2.39 bits per heavy atom. The Kier molecular flexibility index (Phi) is 6.52. The van der Waals surface area contributed by atoms with Crippen LogP contribution in [0.3, 0.4) is 0 Å². The number of carbonyl (C=O) groups excluding carboxylic acids is 1.